The number of ether oxygens (including phenoxy) is 3. The van der Waals surface area contributed by atoms with E-state index >= 15 is 0 Å². The third-order valence-electron chi connectivity index (χ3n) is 6.71. The van der Waals surface area contributed by atoms with Crippen LogP contribution in [-0.4, -0.2) is 39.2 Å². The van der Waals surface area contributed by atoms with E-state index in [2.05, 4.69) is 5.32 Å². The van der Waals surface area contributed by atoms with Crippen molar-refractivity contribution in [2.75, 3.05) is 26.2 Å². The van der Waals surface area contributed by atoms with Gasteiger partial charge in [-0.05, 0) is 66.2 Å². The predicted molar refractivity (Wildman–Crippen MR) is 146 cm³/mol. The summed E-state index contributed by atoms with van der Waals surface area (Å²) in [6.07, 6.45) is 5.43. The summed E-state index contributed by atoms with van der Waals surface area (Å²) in [5, 5.41) is 5.19. The van der Waals surface area contributed by atoms with Crippen LogP contribution < -0.4 is 24.4 Å². The summed E-state index contributed by atoms with van der Waals surface area (Å²) in [5.74, 6) is 1.33. The second-order valence-corrected chi connectivity index (χ2v) is 10.1. The molecule has 8 heteroatoms. The Morgan fingerprint density at radius 1 is 0.946 bits per heavy atom. The van der Waals surface area contributed by atoms with E-state index in [1.807, 2.05) is 35.7 Å². The summed E-state index contributed by atoms with van der Waals surface area (Å²) >= 11 is 1.52. The Bertz CT molecular complexity index is 1170. The van der Waals surface area contributed by atoms with E-state index in [9.17, 15) is 9.59 Å². The number of carbonyl (C=O) groups excluding carboxylic acids is 2. The molecule has 37 heavy (non-hydrogen) atoms. The Labute approximate surface area is 222 Å². The van der Waals surface area contributed by atoms with E-state index in [1.165, 1.54) is 17.8 Å². The summed E-state index contributed by atoms with van der Waals surface area (Å²) in [7, 11) is 4.72. The third-order valence-corrected chi connectivity index (χ3v) is 7.58. The fraction of sp³-hybridized carbons (Fsp3) is 0.379. The van der Waals surface area contributed by atoms with Gasteiger partial charge in [-0.3, -0.25) is 14.5 Å². The Morgan fingerprint density at radius 2 is 1.68 bits per heavy atom. The molecule has 1 aliphatic carbocycles. The highest BCUT2D eigenvalue weighted by Gasteiger charge is 2.35. The minimum atomic E-state index is -0.900. The maximum atomic E-state index is 14.0. The average molecular weight is 523 g/mol. The van der Waals surface area contributed by atoms with Gasteiger partial charge in [0.1, 0.15) is 11.8 Å². The molecule has 1 fully saturated rings. The fourth-order valence-corrected chi connectivity index (χ4v) is 5.49. The van der Waals surface area contributed by atoms with Crippen LogP contribution in [0.25, 0.3) is 0 Å². The Kier molecular flexibility index (Phi) is 9.06. The highest BCUT2D eigenvalue weighted by Crippen LogP contribution is 2.36. The number of methoxy groups -OCH3 is 3. The number of nitrogens with zero attached hydrogens (tertiary/aromatic N) is 1. The van der Waals surface area contributed by atoms with E-state index in [4.69, 9.17) is 14.2 Å². The van der Waals surface area contributed by atoms with Gasteiger partial charge in [0.15, 0.2) is 11.5 Å². The number of thiophene rings is 1. The topological polar surface area (TPSA) is 77.1 Å². The van der Waals surface area contributed by atoms with Gasteiger partial charge in [0.2, 0.25) is 11.8 Å². The lowest BCUT2D eigenvalue weighted by molar-refractivity contribution is -0.127. The minimum Gasteiger partial charge on any atom is -0.497 e. The van der Waals surface area contributed by atoms with Crippen molar-refractivity contribution in [2.24, 2.45) is 0 Å². The number of anilines is 1. The van der Waals surface area contributed by atoms with Gasteiger partial charge in [-0.2, -0.15) is 0 Å². The van der Waals surface area contributed by atoms with Crippen molar-refractivity contribution in [1.82, 2.24) is 5.32 Å². The van der Waals surface area contributed by atoms with Gasteiger partial charge >= 0.3 is 0 Å². The molecule has 0 saturated heterocycles. The van der Waals surface area contributed by atoms with Gasteiger partial charge in [0.05, 0.1) is 27.8 Å². The molecule has 0 spiro atoms. The largest absolute Gasteiger partial charge is 0.497 e. The van der Waals surface area contributed by atoms with Crippen LogP contribution in [0.3, 0.4) is 0 Å². The molecule has 2 aromatic carbocycles. The zero-order valence-corrected chi connectivity index (χ0v) is 22.4. The average Bonchev–Trinajstić information content (AvgIpc) is 3.44. The normalized spacial score (nSPS) is 14.5. The van der Waals surface area contributed by atoms with Crippen LogP contribution in [0.2, 0.25) is 0 Å². The Hall–Kier alpha value is -3.52. The van der Waals surface area contributed by atoms with Crippen LogP contribution in [0, 0.1) is 0 Å². The number of rotatable bonds is 10. The second kappa shape index (κ2) is 12.6. The highest BCUT2D eigenvalue weighted by molar-refractivity contribution is 7.10. The quantitative estimate of drug-likeness (QED) is 0.378. The van der Waals surface area contributed by atoms with Gasteiger partial charge in [0.25, 0.3) is 0 Å². The van der Waals surface area contributed by atoms with E-state index in [0.717, 1.165) is 30.6 Å². The van der Waals surface area contributed by atoms with E-state index in [1.54, 1.807) is 50.5 Å². The lowest BCUT2D eigenvalue weighted by Gasteiger charge is -2.33. The number of hydrogen-bond donors (Lipinski definition) is 1. The summed E-state index contributed by atoms with van der Waals surface area (Å²) in [4.78, 5) is 30.5. The number of amides is 2. The predicted octanol–water partition coefficient (Wildman–Crippen LogP) is 5.54. The first kappa shape index (κ1) is 26.5. The number of hydrogen-bond acceptors (Lipinski definition) is 6. The van der Waals surface area contributed by atoms with Gasteiger partial charge in [-0.1, -0.05) is 31.4 Å². The number of nitrogens with one attached hydrogen (secondary N) is 1. The van der Waals surface area contributed by atoms with Crippen molar-refractivity contribution in [3.63, 3.8) is 0 Å². The van der Waals surface area contributed by atoms with E-state index < -0.39 is 6.04 Å². The molecule has 2 amide bonds. The van der Waals surface area contributed by atoms with Crippen LogP contribution in [0.15, 0.2) is 60.0 Å². The molecule has 3 aromatic rings. The van der Waals surface area contributed by atoms with Crippen molar-refractivity contribution in [3.05, 3.63) is 70.4 Å². The molecule has 196 valence electrons. The maximum absolute atomic E-state index is 14.0. The molecule has 1 heterocycles. The highest BCUT2D eigenvalue weighted by atomic mass is 32.1. The zero-order chi connectivity index (χ0) is 26.2. The molecule has 1 N–H and O–H groups in total. The monoisotopic (exact) mass is 522 g/mol. The molecule has 1 saturated carbocycles. The molecular formula is C29H34N2O5S. The van der Waals surface area contributed by atoms with Crippen molar-refractivity contribution in [1.29, 1.82) is 0 Å². The third kappa shape index (κ3) is 6.43. The second-order valence-electron chi connectivity index (χ2n) is 9.08. The molecule has 1 aromatic heterocycles. The lowest BCUT2D eigenvalue weighted by Crippen LogP contribution is -2.47. The molecule has 0 bridgehead atoms. The van der Waals surface area contributed by atoms with Crippen molar-refractivity contribution in [3.8, 4) is 17.2 Å². The maximum Gasteiger partial charge on any atom is 0.248 e. The summed E-state index contributed by atoms with van der Waals surface area (Å²) < 4.78 is 16.3. The van der Waals surface area contributed by atoms with Crippen molar-refractivity contribution in [2.45, 2.75) is 50.6 Å². The van der Waals surface area contributed by atoms with Gasteiger partial charge in [-0.25, -0.2) is 0 Å². The first-order valence-corrected chi connectivity index (χ1v) is 13.4. The van der Waals surface area contributed by atoms with Crippen LogP contribution >= 0.6 is 11.3 Å². The standard InChI is InChI=1S/C29H34N2O5S/c1-34-23-14-12-22(13-15-23)31(27(32)19-24-10-7-17-37-24)28(29(33)30-21-8-5-4-6-9-21)20-11-16-25(35-2)26(18-20)36-3/h7,10-18,21,28H,4-6,8-9,19H2,1-3H3,(H,30,33)/t28-/m0/s1. The molecule has 1 aliphatic rings. The SMILES string of the molecule is COc1ccc(N(C(=O)Cc2cccs2)[C@H](C(=O)NC2CCCCC2)c2ccc(OC)c(OC)c2)cc1. The van der Waals surface area contributed by atoms with Crippen molar-refractivity contribution < 1.29 is 23.8 Å². The summed E-state index contributed by atoms with van der Waals surface area (Å²) in [6.45, 7) is 0. The molecular weight excluding hydrogens is 488 g/mol. The van der Waals surface area contributed by atoms with E-state index in [0.29, 0.717) is 28.5 Å². The van der Waals surface area contributed by atoms with Crippen LogP contribution in [-0.2, 0) is 16.0 Å². The molecule has 0 radical (unpaired) electrons. The Balaban J connectivity index is 1.79. The van der Waals surface area contributed by atoms with E-state index in [-0.39, 0.29) is 24.3 Å². The van der Waals surface area contributed by atoms with Crippen molar-refractivity contribution >= 4 is 28.8 Å². The Morgan fingerprint density at radius 3 is 2.30 bits per heavy atom. The molecule has 7 nitrogen and oxygen atoms in total. The molecule has 0 aliphatic heterocycles. The lowest BCUT2D eigenvalue weighted by atomic mass is 9.94. The van der Waals surface area contributed by atoms with Crippen LogP contribution in [0.5, 0.6) is 17.2 Å². The van der Waals surface area contributed by atoms with Gasteiger partial charge in [-0.15, -0.1) is 11.3 Å². The van der Waals surface area contributed by atoms with Crippen LogP contribution in [0.4, 0.5) is 5.69 Å². The fourth-order valence-electron chi connectivity index (χ4n) is 4.79. The van der Waals surface area contributed by atoms with Gasteiger partial charge < -0.3 is 19.5 Å². The smallest absolute Gasteiger partial charge is 0.248 e. The first-order valence-electron chi connectivity index (χ1n) is 12.5. The summed E-state index contributed by atoms with van der Waals surface area (Å²) in [5.41, 5.74) is 1.25. The zero-order valence-electron chi connectivity index (χ0n) is 21.6. The number of carbonyl (C=O) groups is 2. The molecule has 0 unspecified atom stereocenters. The molecule has 4 rings (SSSR count). The van der Waals surface area contributed by atoms with Gasteiger partial charge in [0, 0.05) is 16.6 Å². The first-order chi connectivity index (χ1) is 18.0. The molecule has 1 atom stereocenters. The summed E-state index contributed by atoms with van der Waals surface area (Å²) in [6, 6.07) is 15.6. The van der Waals surface area contributed by atoms with Crippen LogP contribution in [0.1, 0.15) is 48.6 Å². The minimum absolute atomic E-state index is 0.0917. The number of benzene rings is 2.